The number of esters is 1. The van der Waals surface area contributed by atoms with Gasteiger partial charge in [0, 0.05) is 45.3 Å². The minimum atomic E-state index is -0.0430. The Balaban J connectivity index is 1.55. The van der Waals surface area contributed by atoms with Gasteiger partial charge in [-0.15, -0.1) is 0 Å². The van der Waals surface area contributed by atoms with Crippen molar-refractivity contribution in [1.29, 1.82) is 0 Å². The number of nitrogens with zero attached hydrogens (tertiary/aromatic N) is 3. The summed E-state index contributed by atoms with van der Waals surface area (Å²) in [4.78, 5) is 21.5. The predicted molar refractivity (Wildman–Crippen MR) is 110 cm³/mol. The quantitative estimate of drug-likeness (QED) is 0.436. The molecule has 0 spiro atoms. The molecule has 0 amide bonds. The number of ether oxygens (including phenoxy) is 2. The molecule has 2 saturated heterocycles. The number of hydrogen-bond donors (Lipinski definition) is 1. The van der Waals surface area contributed by atoms with Crippen molar-refractivity contribution in [3.8, 4) is 0 Å². The van der Waals surface area contributed by atoms with Crippen LogP contribution < -0.4 is 5.32 Å². The molecule has 28 heavy (non-hydrogen) atoms. The van der Waals surface area contributed by atoms with E-state index in [4.69, 9.17) is 9.47 Å². The molecular formula is C21H38N4O3. The Bertz CT molecular complexity index is 520. The maximum absolute atomic E-state index is 12.0. The Kier molecular flexibility index (Phi) is 7.97. The van der Waals surface area contributed by atoms with E-state index in [-0.39, 0.29) is 17.4 Å². The van der Waals surface area contributed by atoms with Gasteiger partial charge in [0.2, 0.25) is 0 Å². The largest absolute Gasteiger partial charge is 0.466 e. The number of aliphatic imine (C=N–C) groups is 1. The Morgan fingerprint density at radius 3 is 2.43 bits per heavy atom. The van der Waals surface area contributed by atoms with Crippen LogP contribution in [0.15, 0.2) is 4.99 Å². The monoisotopic (exact) mass is 394 g/mol. The van der Waals surface area contributed by atoms with Crippen molar-refractivity contribution < 1.29 is 14.3 Å². The normalized spacial score (nSPS) is 24.8. The van der Waals surface area contributed by atoms with Crippen LogP contribution in [-0.4, -0.2) is 86.9 Å². The Morgan fingerprint density at radius 1 is 1.14 bits per heavy atom. The first-order chi connectivity index (χ1) is 13.7. The molecule has 2 heterocycles. The number of morpholine rings is 1. The molecule has 0 bridgehead atoms. The van der Waals surface area contributed by atoms with Crippen LogP contribution in [0.4, 0.5) is 0 Å². The highest BCUT2D eigenvalue weighted by atomic mass is 16.5. The second-order valence-electron chi connectivity index (χ2n) is 8.30. The van der Waals surface area contributed by atoms with E-state index >= 15 is 0 Å². The van der Waals surface area contributed by atoms with Crippen molar-refractivity contribution in [3.05, 3.63) is 0 Å². The van der Waals surface area contributed by atoms with Crippen molar-refractivity contribution in [2.24, 2.45) is 10.9 Å². The highest BCUT2D eigenvalue weighted by molar-refractivity contribution is 5.80. The number of guanidine groups is 1. The fraction of sp³-hybridized carbons (Fsp3) is 0.905. The third kappa shape index (κ3) is 5.17. The molecule has 160 valence electrons. The smallest absolute Gasteiger partial charge is 0.309 e. The van der Waals surface area contributed by atoms with Crippen LogP contribution in [0.2, 0.25) is 0 Å². The maximum Gasteiger partial charge on any atom is 0.309 e. The minimum Gasteiger partial charge on any atom is -0.466 e. The van der Waals surface area contributed by atoms with Gasteiger partial charge in [-0.3, -0.25) is 14.7 Å². The van der Waals surface area contributed by atoms with Crippen molar-refractivity contribution in [1.82, 2.24) is 15.1 Å². The SMILES string of the molecule is CCOC(=O)C1CCN(C(=NC)NCC2(N3CCOCC3)CCCCC2)CC1. The Morgan fingerprint density at radius 2 is 1.82 bits per heavy atom. The summed E-state index contributed by atoms with van der Waals surface area (Å²) in [6.07, 6.45) is 8.15. The predicted octanol–water partition coefficient (Wildman–Crippen LogP) is 1.87. The van der Waals surface area contributed by atoms with E-state index in [2.05, 4.69) is 20.1 Å². The van der Waals surface area contributed by atoms with E-state index in [9.17, 15) is 4.79 Å². The van der Waals surface area contributed by atoms with Crippen LogP contribution in [0.1, 0.15) is 51.9 Å². The lowest BCUT2D eigenvalue weighted by Crippen LogP contribution is -2.61. The zero-order valence-corrected chi connectivity index (χ0v) is 17.8. The molecule has 3 aliphatic rings. The summed E-state index contributed by atoms with van der Waals surface area (Å²) in [5, 5.41) is 3.69. The molecule has 3 fully saturated rings. The lowest BCUT2D eigenvalue weighted by atomic mass is 9.79. The van der Waals surface area contributed by atoms with Crippen LogP contribution in [0, 0.1) is 5.92 Å². The molecule has 3 rings (SSSR count). The number of rotatable bonds is 5. The van der Waals surface area contributed by atoms with Crippen LogP contribution in [-0.2, 0) is 14.3 Å². The van der Waals surface area contributed by atoms with Crippen molar-refractivity contribution in [3.63, 3.8) is 0 Å². The van der Waals surface area contributed by atoms with Gasteiger partial charge in [0.25, 0.3) is 0 Å². The highest BCUT2D eigenvalue weighted by Crippen LogP contribution is 2.34. The first-order valence-electron chi connectivity index (χ1n) is 11.1. The van der Waals surface area contributed by atoms with Gasteiger partial charge in [-0.25, -0.2) is 0 Å². The summed E-state index contributed by atoms with van der Waals surface area (Å²) in [6.45, 7) is 8.74. The van der Waals surface area contributed by atoms with E-state index in [1.165, 1.54) is 32.1 Å². The second-order valence-corrected chi connectivity index (χ2v) is 8.30. The molecule has 0 unspecified atom stereocenters. The second kappa shape index (κ2) is 10.4. The first kappa shape index (κ1) is 21.4. The molecule has 0 atom stereocenters. The van der Waals surface area contributed by atoms with E-state index in [1.807, 2.05) is 14.0 Å². The molecule has 2 aliphatic heterocycles. The summed E-state index contributed by atoms with van der Waals surface area (Å²) in [6, 6.07) is 0. The van der Waals surface area contributed by atoms with Crippen LogP contribution >= 0.6 is 0 Å². The number of hydrogen-bond acceptors (Lipinski definition) is 5. The number of likely N-dealkylation sites (tertiary alicyclic amines) is 1. The van der Waals surface area contributed by atoms with Crippen molar-refractivity contribution in [2.45, 2.75) is 57.4 Å². The number of piperidine rings is 1. The molecule has 0 radical (unpaired) electrons. The zero-order valence-electron chi connectivity index (χ0n) is 17.8. The molecule has 0 aromatic heterocycles. The minimum absolute atomic E-state index is 0.0346. The number of nitrogens with one attached hydrogen (secondary N) is 1. The van der Waals surface area contributed by atoms with Crippen molar-refractivity contribution >= 4 is 11.9 Å². The fourth-order valence-corrected chi connectivity index (χ4v) is 5.02. The van der Waals surface area contributed by atoms with Crippen LogP contribution in [0.3, 0.4) is 0 Å². The summed E-state index contributed by atoms with van der Waals surface area (Å²) in [5.41, 5.74) is 0.223. The Labute approximate surface area is 169 Å². The summed E-state index contributed by atoms with van der Waals surface area (Å²) >= 11 is 0. The van der Waals surface area contributed by atoms with Gasteiger partial charge in [-0.05, 0) is 32.6 Å². The van der Waals surface area contributed by atoms with Gasteiger partial charge in [0.15, 0.2) is 5.96 Å². The molecule has 7 heteroatoms. The van der Waals surface area contributed by atoms with Gasteiger partial charge in [0.05, 0.1) is 25.7 Å². The lowest BCUT2D eigenvalue weighted by molar-refractivity contribution is -0.149. The van der Waals surface area contributed by atoms with E-state index < -0.39 is 0 Å². The highest BCUT2D eigenvalue weighted by Gasteiger charge is 2.39. The molecule has 1 saturated carbocycles. The summed E-state index contributed by atoms with van der Waals surface area (Å²) < 4.78 is 10.8. The maximum atomic E-state index is 12.0. The number of carbonyl (C=O) groups is 1. The average molecular weight is 395 g/mol. The fourth-order valence-electron chi connectivity index (χ4n) is 5.02. The third-order valence-corrected chi connectivity index (χ3v) is 6.67. The van der Waals surface area contributed by atoms with Crippen LogP contribution in [0.5, 0.6) is 0 Å². The molecular weight excluding hydrogens is 356 g/mol. The average Bonchev–Trinajstić information content (AvgIpc) is 2.76. The summed E-state index contributed by atoms with van der Waals surface area (Å²) in [7, 11) is 1.86. The van der Waals surface area contributed by atoms with E-state index in [0.717, 1.165) is 64.7 Å². The summed E-state index contributed by atoms with van der Waals surface area (Å²) in [5.74, 6) is 0.964. The molecule has 1 aliphatic carbocycles. The van der Waals surface area contributed by atoms with E-state index in [1.54, 1.807) is 0 Å². The molecule has 0 aromatic carbocycles. The molecule has 7 nitrogen and oxygen atoms in total. The zero-order chi connectivity index (χ0) is 19.8. The van der Waals surface area contributed by atoms with Crippen molar-refractivity contribution in [2.75, 3.05) is 59.6 Å². The van der Waals surface area contributed by atoms with Gasteiger partial charge in [0.1, 0.15) is 0 Å². The molecule has 0 aromatic rings. The lowest BCUT2D eigenvalue weighted by Gasteiger charge is -2.48. The topological polar surface area (TPSA) is 66.4 Å². The number of carbonyl (C=O) groups excluding carboxylic acids is 1. The van der Waals surface area contributed by atoms with Gasteiger partial charge >= 0.3 is 5.97 Å². The van der Waals surface area contributed by atoms with Crippen LogP contribution in [0.25, 0.3) is 0 Å². The molecule has 1 N–H and O–H groups in total. The third-order valence-electron chi connectivity index (χ3n) is 6.67. The standard InChI is InChI=1S/C21H38N4O3/c1-3-28-19(26)18-7-11-24(12-8-18)20(22-2)23-17-21(9-5-4-6-10-21)25-13-15-27-16-14-25/h18H,3-17H2,1-2H3,(H,22,23). The Hall–Kier alpha value is -1.34. The van der Waals surface area contributed by atoms with Gasteiger partial charge in [-0.1, -0.05) is 19.3 Å². The van der Waals surface area contributed by atoms with E-state index in [0.29, 0.717) is 6.61 Å². The van der Waals surface area contributed by atoms with Gasteiger partial charge < -0.3 is 19.7 Å². The first-order valence-corrected chi connectivity index (χ1v) is 11.1. The van der Waals surface area contributed by atoms with Gasteiger partial charge in [-0.2, -0.15) is 0 Å².